The van der Waals surface area contributed by atoms with Crippen molar-refractivity contribution >= 4 is 27.7 Å². The minimum atomic E-state index is -2.84. The first-order valence-electron chi connectivity index (χ1n) is 3.21. The molecule has 0 unspecified atom stereocenters. The van der Waals surface area contributed by atoms with Crippen molar-refractivity contribution in [2.24, 2.45) is 0 Å². The monoisotopic (exact) mass is 340 g/mol. The molecule has 0 N–H and O–H groups in total. The van der Waals surface area contributed by atoms with E-state index >= 15 is 0 Å². The molecular weight excluding hydrogens is 324 g/mol. The first-order valence-corrected chi connectivity index (χ1v) is 11.7. The molecule has 0 aromatic heterocycles. The van der Waals surface area contributed by atoms with Gasteiger partial charge in [-0.1, -0.05) is 0 Å². The van der Waals surface area contributed by atoms with Crippen LogP contribution in [0, 0.1) is 0 Å². The predicted molar refractivity (Wildman–Crippen MR) is 52.8 cm³/mol. The molecule has 0 spiro atoms. The van der Waals surface area contributed by atoms with Crippen LogP contribution >= 0.6 is 9.58 Å². The minimum absolute atomic E-state index is 2.05. The van der Waals surface area contributed by atoms with Gasteiger partial charge in [0.05, 0.1) is 0 Å². The maximum absolute atomic E-state index is 6.50. The van der Waals surface area contributed by atoms with E-state index in [0.29, 0.717) is 0 Å². The Morgan fingerprint density at radius 1 is 0.800 bits per heavy atom. The molecule has 0 bridgehead atoms. The van der Waals surface area contributed by atoms with E-state index in [-0.39, 0.29) is 0 Å². The van der Waals surface area contributed by atoms with Crippen molar-refractivity contribution in [2.45, 2.75) is 27.7 Å². The summed E-state index contributed by atoms with van der Waals surface area (Å²) in [5.74, 6) is 0. The van der Waals surface area contributed by atoms with Gasteiger partial charge in [-0.25, -0.2) is 0 Å². The normalized spacial score (nSPS) is 14.7. The van der Waals surface area contributed by atoms with E-state index < -0.39 is 11.2 Å². The summed E-state index contributed by atoms with van der Waals surface area (Å²) in [6, 6.07) is 0. The van der Waals surface area contributed by atoms with E-state index in [1.807, 2.05) is 27.7 Å². The molecule has 0 amide bonds. The first kappa shape index (κ1) is 10.4. The van der Waals surface area contributed by atoms with Crippen LogP contribution in [0.1, 0.15) is 27.7 Å². The second kappa shape index (κ2) is 3.21. The van der Waals surface area contributed by atoms with Gasteiger partial charge < -0.3 is 0 Å². The Morgan fingerprint density at radius 3 is 1.00 bits per heavy atom. The van der Waals surface area contributed by atoms with Gasteiger partial charge in [0, 0.05) is 0 Å². The number of halogens is 1. The fourth-order valence-corrected chi connectivity index (χ4v) is 5.46. The molecule has 0 saturated heterocycles. The summed E-state index contributed by atoms with van der Waals surface area (Å²) in [5.41, 5.74) is 0. The van der Waals surface area contributed by atoms with Gasteiger partial charge in [0.25, 0.3) is 0 Å². The van der Waals surface area contributed by atoms with Crippen LogP contribution in [0.3, 0.4) is 0 Å². The van der Waals surface area contributed by atoms with Crippen molar-refractivity contribution in [3.63, 3.8) is 0 Å². The predicted octanol–water partition coefficient (Wildman–Crippen LogP) is 2.12. The van der Waals surface area contributed by atoms with E-state index in [4.69, 9.17) is 9.58 Å². The quantitative estimate of drug-likeness (QED) is 0.634. The van der Waals surface area contributed by atoms with Gasteiger partial charge in [0.15, 0.2) is 0 Å². The van der Waals surface area contributed by atoms with Gasteiger partial charge in [-0.3, -0.25) is 0 Å². The Balaban J connectivity index is 6.52. The molecule has 0 radical (unpaired) electrons. The Bertz CT molecular complexity index is 324. The maximum atomic E-state index is 6.50. The average Bonchev–Trinajstić information content (AvgIpc) is 2.04. The first-order chi connectivity index (χ1) is 4.54. The number of hydrogen-bond acceptors (Lipinski definition) is 0. The van der Waals surface area contributed by atoms with Crippen LogP contribution < -0.4 is 0 Å². The molecule has 10 heavy (non-hydrogen) atoms. The summed E-state index contributed by atoms with van der Waals surface area (Å²) in [6.45, 7) is 8.18. The Morgan fingerprint density at radius 2 is 1.00 bits per heavy atom. The zero-order chi connectivity index (χ0) is 8.28. The average molecular weight is 340 g/mol. The van der Waals surface area contributed by atoms with Crippen LogP contribution in [0.4, 0.5) is 0 Å². The second-order valence-corrected chi connectivity index (χ2v) is 18.9. The second-order valence-electron chi connectivity index (χ2n) is 1.73. The van der Waals surface area contributed by atoms with Crippen LogP contribution in [-0.4, -0.2) is 18.1 Å². The van der Waals surface area contributed by atoms with Gasteiger partial charge >= 0.3 is 66.6 Å². The molecule has 0 aromatic rings. The van der Waals surface area contributed by atoms with Crippen LogP contribution in [0.15, 0.2) is 0 Å². The van der Waals surface area contributed by atoms with E-state index in [1.165, 1.54) is 0 Å². The van der Waals surface area contributed by atoms with Crippen molar-refractivity contribution in [2.75, 3.05) is 0 Å². The summed E-state index contributed by atoms with van der Waals surface area (Å²) in [5, 5.41) is 0. The Kier molecular flexibility index (Phi) is 3.35. The molecule has 0 saturated carbocycles. The van der Waals surface area contributed by atoms with Crippen LogP contribution in [0.2, 0.25) is 0 Å². The van der Waals surface area contributed by atoms with Crippen LogP contribution in [0.25, 0.3) is 0 Å². The molecule has 0 aromatic carbocycles. The SMILES string of the molecule is C[CH]=[Ir]([Cl])(=[CH]C)(=[CH]C)=[CH]C. The fraction of sp³-hybridized carbons (Fsp3) is 0.500. The van der Waals surface area contributed by atoms with Crippen molar-refractivity contribution in [3.8, 4) is 0 Å². The molecule has 0 heterocycles. The molecule has 0 rings (SSSR count). The zero-order valence-corrected chi connectivity index (χ0v) is 10.2. The summed E-state index contributed by atoms with van der Waals surface area (Å²) in [4.78, 5) is 0. The van der Waals surface area contributed by atoms with E-state index in [9.17, 15) is 0 Å². The van der Waals surface area contributed by atoms with Crippen molar-refractivity contribution in [1.29, 1.82) is 0 Å². The molecule has 0 nitrogen and oxygen atoms in total. The summed E-state index contributed by atoms with van der Waals surface area (Å²) >= 11 is -2.84. The third kappa shape index (κ3) is 1.72. The molecular formula is C8H16ClIr. The van der Waals surface area contributed by atoms with Gasteiger partial charge in [0.2, 0.25) is 0 Å². The molecule has 64 valence electrons. The Hall–Kier alpha value is 0.419. The van der Waals surface area contributed by atoms with Crippen molar-refractivity contribution in [1.82, 2.24) is 0 Å². The molecule has 0 atom stereocenters. The van der Waals surface area contributed by atoms with Gasteiger partial charge in [-0.2, -0.15) is 0 Å². The van der Waals surface area contributed by atoms with Gasteiger partial charge in [-0.05, 0) is 0 Å². The molecule has 0 fully saturated rings. The van der Waals surface area contributed by atoms with Crippen LogP contribution in [0.5, 0.6) is 0 Å². The van der Waals surface area contributed by atoms with Crippen molar-refractivity contribution < 1.29 is 11.2 Å². The summed E-state index contributed by atoms with van der Waals surface area (Å²) in [7, 11) is 6.50. The van der Waals surface area contributed by atoms with E-state index in [2.05, 4.69) is 18.1 Å². The van der Waals surface area contributed by atoms with Crippen molar-refractivity contribution in [3.05, 3.63) is 0 Å². The zero-order valence-electron chi connectivity index (χ0n) is 7.02. The number of rotatable bonds is 0. The standard InChI is InChI=1S/4C2H4.ClH.Ir/c4*1-2;;/h4*1H,2H3;1H;/q;;;;;+1/p-1. The third-order valence-electron chi connectivity index (χ3n) is 1.62. The third-order valence-corrected chi connectivity index (χ3v) is 18.1. The number of hydrogen-bond donors (Lipinski definition) is 0. The summed E-state index contributed by atoms with van der Waals surface area (Å²) < 4.78 is 8.66. The molecule has 0 aliphatic carbocycles. The van der Waals surface area contributed by atoms with E-state index in [0.717, 1.165) is 0 Å². The van der Waals surface area contributed by atoms with Crippen LogP contribution in [-0.2, 0) is 11.2 Å². The topological polar surface area (TPSA) is 0 Å². The fourth-order valence-electron chi connectivity index (χ4n) is 0.667. The Labute approximate surface area is 66.7 Å². The molecule has 2 heteroatoms. The van der Waals surface area contributed by atoms with E-state index in [1.54, 1.807) is 0 Å². The van der Waals surface area contributed by atoms with Gasteiger partial charge in [-0.15, -0.1) is 0 Å². The van der Waals surface area contributed by atoms with Gasteiger partial charge in [0.1, 0.15) is 0 Å². The summed E-state index contributed by atoms with van der Waals surface area (Å²) in [6.07, 6.45) is 0. The molecule has 0 aliphatic heterocycles. The molecule has 0 aliphatic rings.